The molecule has 138 valence electrons. The number of unbranched alkanes of at least 4 members (excludes halogenated alkanes) is 3. The molecule has 1 aliphatic rings. The monoisotopic (exact) mass is 330 g/mol. The minimum absolute atomic E-state index is 0.0310. The summed E-state index contributed by atoms with van der Waals surface area (Å²) in [5.74, 6) is 0.180. The Balaban J connectivity index is 2.70. The van der Waals surface area contributed by atoms with E-state index in [-0.39, 0.29) is 24.2 Å². The first-order valence-corrected chi connectivity index (χ1v) is 9.68. The summed E-state index contributed by atoms with van der Waals surface area (Å²) in [7, 11) is 0. The summed E-state index contributed by atoms with van der Waals surface area (Å²) in [6.45, 7) is 10.7. The molecule has 0 heterocycles. The minimum Gasteiger partial charge on any atom is -0.390 e. The molecule has 0 spiro atoms. The van der Waals surface area contributed by atoms with E-state index in [0.29, 0.717) is 13.2 Å². The van der Waals surface area contributed by atoms with Gasteiger partial charge in [0.15, 0.2) is 0 Å². The Kier molecular flexibility index (Phi) is 11.1. The van der Waals surface area contributed by atoms with Gasteiger partial charge in [-0.1, -0.05) is 47.0 Å². The van der Waals surface area contributed by atoms with Crippen LogP contribution in [0.4, 0.5) is 0 Å². The van der Waals surface area contributed by atoms with Gasteiger partial charge in [-0.3, -0.25) is 0 Å². The van der Waals surface area contributed by atoms with E-state index in [1.165, 1.54) is 0 Å². The average Bonchev–Trinajstić information content (AvgIpc) is 2.54. The van der Waals surface area contributed by atoms with Gasteiger partial charge >= 0.3 is 0 Å². The van der Waals surface area contributed by atoms with Crippen molar-refractivity contribution in [3.8, 4) is 0 Å². The number of aliphatic hydroxyl groups excluding tert-OH is 1. The Morgan fingerprint density at radius 3 is 1.78 bits per heavy atom. The van der Waals surface area contributed by atoms with E-state index in [1.807, 2.05) is 0 Å². The van der Waals surface area contributed by atoms with Crippen molar-refractivity contribution in [3.63, 3.8) is 0 Å². The van der Waals surface area contributed by atoms with Gasteiger partial charge in [0, 0.05) is 19.8 Å². The Hall–Kier alpha value is -0.160. The third-order valence-electron chi connectivity index (χ3n) is 4.66. The Labute approximate surface area is 142 Å². The third-order valence-corrected chi connectivity index (χ3v) is 4.66. The normalized spacial score (nSPS) is 31.4. The van der Waals surface area contributed by atoms with Crippen molar-refractivity contribution in [1.82, 2.24) is 0 Å². The van der Waals surface area contributed by atoms with Crippen molar-refractivity contribution in [2.24, 2.45) is 5.92 Å². The number of hydrogen-bond donors (Lipinski definition) is 1. The first-order valence-electron chi connectivity index (χ1n) is 9.68. The van der Waals surface area contributed by atoms with Crippen molar-refractivity contribution in [2.75, 3.05) is 19.8 Å². The van der Waals surface area contributed by atoms with Crippen LogP contribution in [0.2, 0.25) is 0 Å². The summed E-state index contributed by atoms with van der Waals surface area (Å²) in [5, 5.41) is 10.6. The van der Waals surface area contributed by atoms with E-state index in [4.69, 9.17) is 14.2 Å². The molecule has 1 N–H and O–H groups in total. The van der Waals surface area contributed by atoms with Crippen LogP contribution in [0.5, 0.6) is 0 Å². The van der Waals surface area contributed by atoms with Gasteiger partial charge in [0.05, 0.1) is 12.2 Å². The van der Waals surface area contributed by atoms with Crippen molar-refractivity contribution in [3.05, 3.63) is 0 Å². The van der Waals surface area contributed by atoms with E-state index in [9.17, 15) is 5.11 Å². The molecule has 0 radical (unpaired) electrons. The van der Waals surface area contributed by atoms with E-state index < -0.39 is 6.10 Å². The lowest BCUT2D eigenvalue weighted by Crippen LogP contribution is -2.56. The maximum Gasteiger partial charge on any atom is 0.112 e. The Bertz CT molecular complexity index is 285. The molecule has 4 nitrogen and oxygen atoms in total. The predicted molar refractivity (Wildman–Crippen MR) is 93.7 cm³/mol. The number of hydrogen-bond acceptors (Lipinski definition) is 4. The first kappa shape index (κ1) is 20.9. The molecular weight excluding hydrogens is 292 g/mol. The molecule has 5 atom stereocenters. The van der Waals surface area contributed by atoms with Crippen molar-refractivity contribution in [2.45, 2.75) is 97.1 Å². The van der Waals surface area contributed by atoms with Crippen molar-refractivity contribution < 1.29 is 19.3 Å². The summed E-state index contributed by atoms with van der Waals surface area (Å²) >= 11 is 0. The maximum absolute atomic E-state index is 10.6. The van der Waals surface area contributed by atoms with Gasteiger partial charge in [-0.05, 0) is 31.6 Å². The molecule has 1 fully saturated rings. The Morgan fingerprint density at radius 1 is 0.783 bits per heavy atom. The summed E-state index contributed by atoms with van der Waals surface area (Å²) in [6.07, 6.45) is 6.42. The highest BCUT2D eigenvalue weighted by Gasteiger charge is 2.44. The molecule has 0 saturated heterocycles. The lowest BCUT2D eigenvalue weighted by atomic mass is 9.81. The molecule has 1 rings (SSSR count). The summed E-state index contributed by atoms with van der Waals surface area (Å²) in [4.78, 5) is 0. The average molecular weight is 331 g/mol. The second-order valence-corrected chi connectivity index (χ2v) is 6.84. The largest absolute Gasteiger partial charge is 0.390 e. The van der Waals surface area contributed by atoms with Crippen LogP contribution in [0.3, 0.4) is 0 Å². The van der Waals surface area contributed by atoms with E-state index in [1.54, 1.807) is 0 Å². The fourth-order valence-corrected chi connectivity index (χ4v) is 3.03. The fourth-order valence-electron chi connectivity index (χ4n) is 3.03. The Morgan fingerprint density at radius 2 is 1.26 bits per heavy atom. The first-order chi connectivity index (χ1) is 11.2. The summed E-state index contributed by atoms with van der Waals surface area (Å²) in [5.41, 5.74) is 0. The van der Waals surface area contributed by atoms with E-state index >= 15 is 0 Å². The fraction of sp³-hybridized carbons (Fsp3) is 1.00. The molecule has 4 heteroatoms. The van der Waals surface area contributed by atoms with Crippen LogP contribution >= 0.6 is 0 Å². The standard InChI is InChI=1S/C19H38O4/c1-5-8-11-21-16-14-15(4)17(20)19(23-13-10-7-3)18(16)22-12-9-6-2/h15-20H,5-14H2,1-4H3/t15?,16-,17-,18?,19?/m1/s1. The second-order valence-electron chi connectivity index (χ2n) is 6.84. The summed E-state index contributed by atoms with van der Waals surface area (Å²) in [6, 6.07) is 0. The molecule has 0 aromatic rings. The van der Waals surface area contributed by atoms with Crippen molar-refractivity contribution >= 4 is 0 Å². The zero-order valence-corrected chi connectivity index (χ0v) is 15.6. The summed E-state index contributed by atoms with van der Waals surface area (Å²) < 4.78 is 18.3. The van der Waals surface area contributed by atoms with Crippen LogP contribution in [-0.4, -0.2) is 49.3 Å². The van der Waals surface area contributed by atoms with Crippen LogP contribution < -0.4 is 0 Å². The second kappa shape index (κ2) is 12.2. The zero-order valence-electron chi connectivity index (χ0n) is 15.6. The van der Waals surface area contributed by atoms with Gasteiger partial charge in [0.1, 0.15) is 12.2 Å². The van der Waals surface area contributed by atoms with Gasteiger partial charge in [-0.15, -0.1) is 0 Å². The van der Waals surface area contributed by atoms with E-state index in [2.05, 4.69) is 27.7 Å². The molecule has 1 saturated carbocycles. The van der Waals surface area contributed by atoms with Crippen LogP contribution in [0.25, 0.3) is 0 Å². The van der Waals surface area contributed by atoms with Gasteiger partial charge in [0.25, 0.3) is 0 Å². The number of rotatable bonds is 12. The quantitative estimate of drug-likeness (QED) is 0.551. The topological polar surface area (TPSA) is 47.9 Å². The smallest absolute Gasteiger partial charge is 0.112 e. The predicted octanol–water partition coefficient (Wildman–Crippen LogP) is 3.94. The molecule has 1 aliphatic carbocycles. The lowest BCUT2D eigenvalue weighted by molar-refractivity contribution is -0.206. The zero-order chi connectivity index (χ0) is 17.1. The van der Waals surface area contributed by atoms with Gasteiger partial charge in [-0.25, -0.2) is 0 Å². The van der Waals surface area contributed by atoms with Crippen molar-refractivity contribution in [1.29, 1.82) is 0 Å². The molecule has 23 heavy (non-hydrogen) atoms. The number of aliphatic hydroxyl groups is 1. The van der Waals surface area contributed by atoms with Crippen LogP contribution in [0, 0.1) is 5.92 Å². The maximum atomic E-state index is 10.6. The SMILES string of the molecule is CCCCOC1C(OCCCC)[C@H](OCCCC)CC(C)[C@H]1O. The van der Waals surface area contributed by atoms with Gasteiger partial charge < -0.3 is 19.3 Å². The van der Waals surface area contributed by atoms with E-state index in [0.717, 1.165) is 51.6 Å². The van der Waals surface area contributed by atoms with Crippen LogP contribution in [-0.2, 0) is 14.2 Å². The molecule has 0 aromatic heterocycles. The van der Waals surface area contributed by atoms with Crippen LogP contribution in [0.15, 0.2) is 0 Å². The molecule has 0 aromatic carbocycles. The highest BCUT2D eigenvalue weighted by atomic mass is 16.6. The highest BCUT2D eigenvalue weighted by molar-refractivity contribution is 4.94. The van der Waals surface area contributed by atoms with Crippen LogP contribution in [0.1, 0.15) is 72.6 Å². The number of ether oxygens (including phenoxy) is 3. The van der Waals surface area contributed by atoms with Gasteiger partial charge in [0.2, 0.25) is 0 Å². The minimum atomic E-state index is -0.468. The van der Waals surface area contributed by atoms with Gasteiger partial charge in [-0.2, -0.15) is 0 Å². The molecular formula is C19H38O4. The molecule has 0 amide bonds. The molecule has 0 aliphatic heterocycles. The third kappa shape index (κ3) is 7.08. The highest BCUT2D eigenvalue weighted by Crippen LogP contribution is 2.32. The molecule has 3 unspecified atom stereocenters. The molecule has 0 bridgehead atoms. The lowest BCUT2D eigenvalue weighted by Gasteiger charge is -2.43.